The number of benzene rings is 1. The van der Waals surface area contributed by atoms with Gasteiger partial charge in [0.1, 0.15) is 11.3 Å². The zero-order valence-electron chi connectivity index (χ0n) is 13.7. The number of amides is 1. The topological polar surface area (TPSA) is 71.4 Å². The molecule has 1 N–H and O–H groups in total. The van der Waals surface area contributed by atoms with Crippen LogP contribution in [0.3, 0.4) is 0 Å². The monoisotopic (exact) mass is 325 g/mol. The molecule has 4 rings (SSSR count). The van der Waals surface area contributed by atoms with Gasteiger partial charge in [0.05, 0.1) is 31.1 Å². The van der Waals surface area contributed by atoms with Crippen molar-refractivity contribution >= 4 is 16.9 Å². The van der Waals surface area contributed by atoms with Gasteiger partial charge in [-0.25, -0.2) is 0 Å². The van der Waals surface area contributed by atoms with Crippen molar-refractivity contribution < 1.29 is 13.9 Å². The predicted octanol–water partition coefficient (Wildman–Crippen LogP) is 2.99. The Kier molecular flexibility index (Phi) is 3.61. The summed E-state index contributed by atoms with van der Waals surface area (Å²) in [6, 6.07) is 7.37. The number of carbonyl (C=O) groups is 1. The number of ether oxygens (including phenoxy) is 1. The maximum Gasteiger partial charge on any atom is 0.254 e. The molecule has 3 heterocycles. The molecule has 0 bridgehead atoms. The molecule has 1 aliphatic rings. The van der Waals surface area contributed by atoms with Gasteiger partial charge in [-0.15, -0.1) is 0 Å². The highest BCUT2D eigenvalue weighted by Crippen LogP contribution is 2.28. The van der Waals surface area contributed by atoms with E-state index in [1.165, 1.54) is 0 Å². The van der Waals surface area contributed by atoms with Crippen LogP contribution in [-0.4, -0.2) is 40.8 Å². The van der Waals surface area contributed by atoms with E-state index in [0.29, 0.717) is 25.3 Å². The molecule has 1 atom stereocenters. The van der Waals surface area contributed by atoms with Crippen LogP contribution in [0.5, 0.6) is 0 Å². The SMILES string of the molecule is Cc1cc2cc(C(=O)N3CCOC[C@@H]3c3[nH]ncc3C)ccc2o1. The molecule has 0 saturated carbocycles. The Labute approximate surface area is 139 Å². The van der Waals surface area contributed by atoms with Crippen molar-refractivity contribution in [3.8, 4) is 0 Å². The Morgan fingerprint density at radius 2 is 2.21 bits per heavy atom. The molecule has 1 fully saturated rings. The number of fused-ring (bicyclic) bond motifs is 1. The third-order valence-corrected chi connectivity index (χ3v) is 4.48. The van der Waals surface area contributed by atoms with Crippen LogP contribution in [0.2, 0.25) is 0 Å². The number of hydrogen-bond acceptors (Lipinski definition) is 4. The summed E-state index contributed by atoms with van der Waals surface area (Å²) in [5.74, 6) is 0.838. The van der Waals surface area contributed by atoms with E-state index in [-0.39, 0.29) is 11.9 Å². The molecule has 24 heavy (non-hydrogen) atoms. The van der Waals surface area contributed by atoms with Crippen molar-refractivity contribution in [2.45, 2.75) is 19.9 Å². The average molecular weight is 325 g/mol. The smallest absolute Gasteiger partial charge is 0.254 e. The fourth-order valence-corrected chi connectivity index (χ4v) is 3.25. The Morgan fingerprint density at radius 3 is 3.00 bits per heavy atom. The van der Waals surface area contributed by atoms with Crippen LogP contribution < -0.4 is 0 Å². The van der Waals surface area contributed by atoms with Gasteiger partial charge in [-0.1, -0.05) is 0 Å². The van der Waals surface area contributed by atoms with Crippen LogP contribution >= 0.6 is 0 Å². The molecule has 3 aromatic rings. The highest BCUT2D eigenvalue weighted by Gasteiger charge is 2.31. The summed E-state index contributed by atoms with van der Waals surface area (Å²) in [6.07, 6.45) is 1.77. The van der Waals surface area contributed by atoms with E-state index >= 15 is 0 Å². The van der Waals surface area contributed by atoms with Gasteiger partial charge < -0.3 is 14.1 Å². The van der Waals surface area contributed by atoms with Gasteiger partial charge in [0.15, 0.2) is 0 Å². The Morgan fingerprint density at radius 1 is 1.33 bits per heavy atom. The van der Waals surface area contributed by atoms with E-state index in [1.54, 1.807) is 6.20 Å². The number of carbonyl (C=O) groups excluding carboxylic acids is 1. The standard InChI is InChI=1S/C18H19N3O3/c1-11-9-19-20-17(11)15-10-23-6-5-21(15)18(22)13-3-4-16-14(8-13)7-12(2)24-16/h3-4,7-9,15H,5-6,10H2,1-2H3,(H,19,20)/t15-/m1/s1. The van der Waals surface area contributed by atoms with Gasteiger partial charge in [0.2, 0.25) is 0 Å². The second-order valence-corrected chi connectivity index (χ2v) is 6.17. The maximum absolute atomic E-state index is 13.1. The van der Waals surface area contributed by atoms with E-state index in [1.807, 2.05) is 43.0 Å². The number of aryl methyl sites for hydroxylation is 2. The van der Waals surface area contributed by atoms with Crippen LogP contribution in [0.15, 0.2) is 34.9 Å². The molecule has 1 aliphatic heterocycles. The van der Waals surface area contributed by atoms with Crippen LogP contribution in [0, 0.1) is 13.8 Å². The summed E-state index contributed by atoms with van der Waals surface area (Å²) in [4.78, 5) is 14.9. The average Bonchev–Trinajstić information content (AvgIpc) is 3.17. The van der Waals surface area contributed by atoms with Crippen molar-refractivity contribution in [2.24, 2.45) is 0 Å². The van der Waals surface area contributed by atoms with Gasteiger partial charge in [0, 0.05) is 17.5 Å². The van der Waals surface area contributed by atoms with Crippen molar-refractivity contribution in [3.63, 3.8) is 0 Å². The number of nitrogens with one attached hydrogen (secondary N) is 1. The summed E-state index contributed by atoms with van der Waals surface area (Å²) in [6.45, 7) is 5.46. The molecule has 1 amide bonds. The fourth-order valence-electron chi connectivity index (χ4n) is 3.25. The lowest BCUT2D eigenvalue weighted by molar-refractivity contribution is -0.00406. The zero-order valence-corrected chi connectivity index (χ0v) is 13.7. The van der Waals surface area contributed by atoms with Gasteiger partial charge >= 0.3 is 0 Å². The first kappa shape index (κ1) is 15.0. The Hall–Kier alpha value is -2.60. The Balaban J connectivity index is 1.68. The molecule has 0 spiro atoms. The van der Waals surface area contributed by atoms with Crippen molar-refractivity contribution in [1.29, 1.82) is 0 Å². The highest BCUT2D eigenvalue weighted by atomic mass is 16.5. The molecule has 124 valence electrons. The summed E-state index contributed by atoms with van der Waals surface area (Å²) in [5.41, 5.74) is 3.42. The third-order valence-electron chi connectivity index (χ3n) is 4.48. The van der Waals surface area contributed by atoms with Crippen molar-refractivity contribution in [1.82, 2.24) is 15.1 Å². The number of furan rings is 1. The highest BCUT2D eigenvalue weighted by molar-refractivity contribution is 5.98. The first-order valence-corrected chi connectivity index (χ1v) is 8.02. The van der Waals surface area contributed by atoms with E-state index < -0.39 is 0 Å². The molecule has 6 nitrogen and oxygen atoms in total. The Bertz CT molecular complexity index is 896. The number of H-pyrrole nitrogens is 1. The second kappa shape index (κ2) is 5.79. The van der Waals surface area contributed by atoms with Crippen molar-refractivity contribution in [3.05, 3.63) is 53.0 Å². The molecular weight excluding hydrogens is 306 g/mol. The van der Waals surface area contributed by atoms with Crippen LogP contribution in [0.25, 0.3) is 11.0 Å². The third kappa shape index (κ3) is 2.49. The second-order valence-electron chi connectivity index (χ2n) is 6.17. The molecule has 1 saturated heterocycles. The zero-order chi connectivity index (χ0) is 16.7. The van der Waals surface area contributed by atoms with Gasteiger partial charge in [-0.3, -0.25) is 9.89 Å². The number of aromatic amines is 1. The quantitative estimate of drug-likeness (QED) is 0.786. The molecule has 6 heteroatoms. The lowest BCUT2D eigenvalue weighted by Crippen LogP contribution is -2.43. The minimum atomic E-state index is -0.143. The molecule has 0 aliphatic carbocycles. The van der Waals surface area contributed by atoms with E-state index in [4.69, 9.17) is 9.15 Å². The summed E-state index contributed by atoms with van der Waals surface area (Å²) in [7, 11) is 0. The number of aromatic nitrogens is 2. The predicted molar refractivity (Wildman–Crippen MR) is 88.9 cm³/mol. The number of nitrogens with zero attached hydrogens (tertiary/aromatic N) is 2. The summed E-state index contributed by atoms with van der Waals surface area (Å²) < 4.78 is 11.2. The normalized spacial score (nSPS) is 18.2. The van der Waals surface area contributed by atoms with Crippen LogP contribution in [-0.2, 0) is 4.74 Å². The first-order valence-electron chi connectivity index (χ1n) is 8.02. The molecule has 0 unspecified atom stereocenters. The number of rotatable bonds is 2. The minimum Gasteiger partial charge on any atom is -0.461 e. The van der Waals surface area contributed by atoms with Crippen molar-refractivity contribution in [2.75, 3.05) is 19.8 Å². The van der Waals surface area contributed by atoms with Gasteiger partial charge in [-0.05, 0) is 43.7 Å². The fraction of sp³-hybridized carbons (Fsp3) is 0.333. The summed E-state index contributed by atoms with van der Waals surface area (Å²) >= 11 is 0. The lowest BCUT2D eigenvalue weighted by Gasteiger charge is -2.35. The molecule has 2 aromatic heterocycles. The van der Waals surface area contributed by atoms with Gasteiger partial charge in [-0.2, -0.15) is 5.10 Å². The van der Waals surface area contributed by atoms with E-state index in [2.05, 4.69) is 10.2 Å². The van der Waals surface area contributed by atoms with Crippen LogP contribution in [0.4, 0.5) is 0 Å². The lowest BCUT2D eigenvalue weighted by atomic mass is 10.1. The molecular formula is C18H19N3O3. The number of hydrogen-bond donors (Lipinski definition) is 1. The van der Waals surface area contributed by atoms with E-state index in [0.717, 1.165) is 28.0 Å². The van der Waals surface area contributed by atoms with Gasteiger partial charge in [0.25, 0.3) is 5.91 Å². The molecule has 0 radical (unpaired) electrons. The van der Waals surface area contributed by atoms with E-state index in [9.17, 15) is 4.79 Å². The largest absolute Gasteiger partial charge is 0.461 e. The molecule has 1 aromatic carbocycles. The number of morpholine rings is 1. The minimum absolute atomic E-state index is 0.00180. The summed E-state index contributed by atoms with van der Waals surface area (Å²) in [5, 5.41) is 8.03. The first-order chi connectivity index (χ1) is 11.6. The van der Waals surface area contributed by atoms with Crippen LogP contribution in [0.1, 0.15) is 33.4 Å². The maximum atomic E-state index is 13.1.